The molecular weight excluding hydrogens is 362 g/mol. The molecule has 1 atom stereocenters. The molecule has 0 fully saturated rings. The summed E-state index contributed by atoms with van der Waals surface area (Å²) in [6.45, 7) is 2.08. The molecule has 1 N–H and O–H groups in total. The Kier molecular flexibility index (Phi) is 5.20. The van der Waals surface area contributed by atoms with Crippen molar-refractivity contribution in [1.29, 1.82) is 0 Å². The Balaban J connectivity index is 1.82. The van der Waals surface area contributed by atoms with Gasteiger partial charge in [-0.15, -0.1) is 0 Å². The van der Waals surface area contributed by atoms with Crippen LogP contribution in [0.1, 0.15) is 28.9 Å². The third-order valence-electron chi connectivity index (χ3n) is 4.79. The van der Waals surface area contributed by atoms with Crippen molar-refractivity contribution in [2.75, 3.05) is 12.4 Å². The fourth-order valence-corrected chi connectivity index (χ4v) is 3.23. The quantitative estimate of drug-likeness (QED) is 0.477. The lowest BCUT2D eigenvalue weighted by atomic mass is 10.1. The molecule has 0 spiro atoms. The molecule has 3 aromatic carbocycles. The Bertz CT molecular complexity index is 1140. The first kappa shape index (κ1) is 18.6. The summed E-state index contributed by atoms with van der Waals surface area (Å²) in [7, 11) is 1.37. The van der Waals surface area contributed by atoms with E-state index in [0.717, 1.165) is 22.3 Å². The van der Waals surface area contributed by atoms with Gasteiger partial charge in [-0.3, -0.25) is 0 Å². The van der Waals surface area contributed by atoms with Crippen LogP contribution in [0.2, 0.25) is 0 Å². The van der Waals surface area contributed by atoms with Crippen molar-refractivity contribution in [3.8, 4) is 11.3 Å². The van der Waals surface area contributed by atoms with Gasteiger partial charge in [0.2, 0.25) is 0 Å². The number of hydrogen-bond donors (Lipinski definition) is 1. The average molecular weight is 383 g/mol. The fourth-order valence-electron chi connectivity index (χ4n) is 3.23. The van der Waals surface area contributed by atoms with Crippen molar-refractivity contribution in [2.24, 2.45) is 0 Å². The van der Waals surface area contributed by atoms with Crippen LogP contribution in [0.3, 0.4) is 0 Å². The van der Waals surface area contributed by atoms with E-state index >= 15 is 0 Å². The van der Waals surface area contributed by atoms with E-state index in [1.54, 1.807) is 18.2 Å². The number of benzene rings is 3. The van der Waals surface area contributed by atoms with E-state index in [1.807, 2.05) is 48.5 Å². The van der Waals surface area contributed by atoms with Gasteiger partial charge >= 0.3 is 5.97 Å². The molecule has 1 heterocycles. The number of rotatable bonds is 5. The topological polar surface area (TPSA) is 64.1 Å². The Labute approximate surface area is 169 Å². The summed E-state index contributed by atoms with van der Waals surface area (Å²) in [6.07, 6.45) is 0. The third kappa shape index (κ3) is 3.94. The molecule has 0 aliphatic heterocycles. The van der Waals surface area contributed by atoms with E-state index in [1.165, 1.54) is 7.11 Å². The van der Waals surface area contributed by atoms with Gasteiger partial charge in [-0.25, -0.2) is 14.8 Å². The van der Waals surface area contributed by atoms with Crippen LogP contribution in [-0.4, -0.2) is 23.0 Å². The number of esters is 1. The number of methoxy groups -OCH3 is 1. The Morgan fingerprint density at radius 1 is 0.897 bits per heavy atom. The number of anilines is 1. The fraction of sp³-hybridized carbons (Fsp3) is 0.125. The van der Waals surface area contributed by atoms with Crippen molar-refractivity contribution in [3.63, 3.8) is 0 Å². The molecule has 0 aliphatic rings. The number of fused-ring (bicyclic) bond motifs is 1. The van der Waals surface area contributed by atoms with Gasteiger partial charge in [0.05, 0.1) is 29.7 Å². The van der Waals surface area contributed by atoms with Gasteiger partial charge in [-0.2, -0.15) is 0 Å². The highest BCUT2D eigenvalue weighted by molar-refractivity contribution is 5.94. The van der Waals surface area contributed by atoms with E-state index < -0.39 is 5.97 Å². The van der Waals surface area contributed by atoms with E-state index in [4.69, 9.17) is 14.7 Å². The molecule has 0 bridgehead atoms. The van der Waals surface area contributed by atoms with Gasteiger partial charge in [-0.05, 0) is 30.7 Å². The summed E-state index contributed by atoms with van der Waals surface area (Å²) in [5.74, 6) is 0.273. The lowest BCUT2D eigenvalue weighted by molar-refractivity contribution is 0.0601. The lowest BCUT2D eigenvalue weighted by Crippen LogP contribution is -2.10. The number of aromatic nitrogens is 2. The predicted molar refractivity (Wildman–Crippen MR) is 115 cm³/mol. The summed E-state index contributed by atoms with van der Waals surface area (Å²) in [6, 6.07) is 25.4. The zero-order valence-corrected chi connectivity index (χ0v) is 16.3. The zero-order chi connectivity index (χ0) is 20.2. The molecule has 0 amide bonds. The monoisotopic (exact) mass is 383 g/mol. The number of hydrogen-bond acceptors (Lipinski definition) is 5. The largest absolute Gasteiger partial charge is 0.465 e. The van der Waals surface area contributed by atoms with Gasteiger partial charge in [-0.1, -0.05) is 60.7 Å². The van der Waals surface area contributed by atoms with E-state index in [2.05, 4.69) is 24.4 Å². The van der Waals surface area contributed by atoms with Crippen LogP contribution in [0, 0.1) is 0 Å². The van der Waals surface area contributed by atoms with Crippen molar-refractivity contribution in [2.45, 2.75) is 13.0 Å². The molecule has 0 saturated heterocycles. The van der Waals surface area contributed by atoms with Gasteiger partial charge < -0.3 is 10.1 Å². The second-order valence-electron chi connectivity index (χ2n) is 6.76. The van der Waals surface area contributed by atoms with E-state index in [-0.39, 0.29) is 6.04 Å². The Morgan fingerprint density at radius 2 is 1.59 bits per heavy atom. The summed E-state index contributed by atoms with van der Waals surface area (Å²) < 4.78 is 4.83. The SMILES string of the molecule is COC(=O)c1ccc2nc(-c3ccccc3)c(N[C@@H](C)c3ccccc3)nc2c1. The van der Waals surface area contributed by atoms with Gasteiger partial charge in [0.25, 0.3) is 0 Å². The standard InChI is InChI=1S/C24H21N3O2/c1-16(17-9-5-3-6-10-17)25-23-22(18-11-7-4-8-12-18)26-20-14-13-19(24(28)29-2)15-21(20)27-23/h3-16H,1-2H3,(H,25,27)/t16-/m0/s1. The molecular formula is C24H21N3O2. The maximum absolute atomic E-state index is 11.9. The van der Waals surface area contributed by atoms with Gasteiger partial charge in [0.1, 0.15) is 5.69 Å². The summed E-state index contributed by atoms with van der Waals surface area (Å²) in [5, 5.41) is 3.49. The third-order valence-corrected chi connectivity index (χ3v) is 4.79. The van der Waals surface area contributed by atoms with Crippen LogP contribution in [-0.2, 0) is 4.74 Å². The molecule has 0 saturated carbocycles. The first-order valence-electron chi connectivity index (χ1n) is 9.43. The second-order valence-corrected chi connectivity index (χ2v) is 6.76. The maximum Gasteiger partial charge on any atom is 0.337 e. The van der Waals surface area contributed by atoms with Crippen molar-refractivity contribution < 1.29 is 9.53 Å². The van der Waals surface area contributed by atoms with E-state index in [9.17, 15) is 4.79 Å². The van der Waals surface area contributed by atoms with Crippen LogP contribution in [0.25, 0.3) is 22.3 Å². The van der Waals surface area contributed by atoms with Crippen LogP contribution in [0.15, 0.2) is 78.9 Å². The maximum atomic E-state index is 11.9. The average Bonchev–Trinajstić information content (AvgIpc) is 2.78. The number of carbonyl (C=O) groups is 1. The van der Waals surface area contributed by atoms with Gasteiger partial charge in [0, 0.05) is 5.56 Å². The first-order valence-corrected chi connectivity index (χ1v) is 9.43. The highest BCUT2D eigenvalue weighted by Gasteiger charge is 2.15. The highest BCUT2D eigenvalue weighted by Crippen LogP contribution is 2.30. The highest BCUT2D eigenvalue weighted by atomic mass is 16.5. The predicted octanol–water partition coefficient (Wildman–Crippen LogP) is 5.26. The first-order chi connectivity index (χ1) is 14.2. The van der Waals surface area contributed by atoms with Gasteiger partial charge in [0.15, 0.2) is 5.82 Å². The summed E-state index contributed by atoms with van der Waals surface area (Å²) in [4.78, 5) is 21.6. The lowest BCUT2D eigenvalue weighted by Gasteiger charge is -2.18. The Hall–Kier alpha value is -3.73. The van der Waals surface area contributed by atoms with Crippen molar-refractivity contribution in [1.82, 2.24) is 9.97 Å². The summed E-state index contributed by atoms with van der Waals surface area (Å²) in [5.41, 5.74) is 4.69. The normalized spacial score (nSPS) is 11.8. The summed E-state index contributed by atoms with van der Waals surface area (Å²) >= 11 is 0. The molecule has 0 unspecified atom stereocenters. The number of ether oxygens (including phenoxy) is 1. The Morgan fingerprint density at radius 3 is 2.28 bits per heavy atom. The second kappa shape index (κ2) is 8.10. The molecule has 5 heteroatoms. The molecule has 0 radical (unpaired) electrons. The minimum Gasteiger partial charge on any atom is -0.465 e. The molecule has 4 aromatic rings. The molecule has 0 aliphatic carbocycles. The number of nitrogens with zero attached hydrogens (tertiary/aromatic N) is 2. The number of carbonyl (C=O) groups excluding carboxylic acids is 1. The van der Waals surface area contributed by atoms with E-state index in [0.29, 0.717) is 16.9 Å². The van der Waals surface area contributed by atoms with Crippen molar-refractivity contribution >= 4 is 22.8 Å². The van der Waals surface area contributed by atoms with Crippen LogP contribution in [0.5, 0.6) is 0 Å². The molecule has 144 valence electrons. The van der Waals surface area contributed by atoms with Crippen LogP contribution >= 0.6 is 0 Å². The van der Waals surface area contributed by atoms with Crippen LogP contribution < -0.4 is 5.32 Å². The zero-order valence-electron chi connectivity index (χ0n) is 16.3. The molecule has 5 nitrogen and oxygen atoms in total. The molecule has 4 rings (SSSR count). The molecule has 1 aromatic heterocycles. The minimum absolute atomic E-state index is 0.0363. The minimum atomic E-state index is -0.395. The smallest absolute Gasteiger partial charge is 0.337 e. The van der Waals surface area contributed by atoms with Crippen molar-refractivity contribution in [3.05, 3.63) is 90.0 Å². The molecule has 29 heavy (non-hydrogen) atoms. The number of nitrogens with one attached hydrogen (secondary N) is 1. The van der Waals surface area contributed by atoms with Crippen LogP contribution in [0.4, 0.5) is 5.82 Å².